The molecule has 0 saturated carbocycles. The van der Waals surface area contributed by atoms with Crippen LogP contribution in [-0.4, -0.2) is 35.1 Å². The summed E-state index contributed by atoms with van der Waals surface area (Å²) in [6.45, 7) is 3.48. The van der Waals surface area contributed by atoms with Gasteiger partial charge in [-0.25, -0.2) is 0 Å². The minimum absolute atomic E-state index is 0.486. The molecule has 1 N–H and O–H groups in total. The summed E-state index contributed by atoms with van der Waals surface area (Å²) < 4.78 is 0. The SMILES string of the molecule is Cc1ccc(CCN(C)CC(O)c2ccncc2)cc1Cl. The Kier molecular flexibility index (Phi) is 5.74. The fraction of sp³-hybridized carbons (Fsp3) is 0.353. The highest BCUT2D eigenvalue weighted by atomic mass is 35.5. The summed E-state index contributed by atoms with van der Waals surface area (Å²) in [5.41, 5.74) is 3.22. The number of aliphatic hydroxyl groups is 1. The molecule has 2 rings (SSSR count). The van der Waals surface area contributed by atoms with Gasteiger partial charge < -0.3 is 10.0 Å². The maximum atomic E-state index is 10.2. The van der Waals surface area contributed by atoms with Crippen molar-refractivity contribution >= 4 is 11.6 Å². The Hall–Kier alpha value is -1.42. The Balaban J connectivity index is 1.84. The van der Waals surface area contributed by atoms with Crippen molar-refractivity contribution in [3.05, 3.63) is 64.4 Å². The third-order valence-electron chi connectivity index (χ3n) is 3.59. The molecule has 0 aliphatic heterocycles. The van der Waals surface area contributed by atoms with E-state index < -0.39 is 6.10 Å². The smallest absolute Gasteiger partial charge is 0.0917 e. The topological polar surface area (TPSA) is 36.4 Å². The second-order valence-electron chi connectivity index (χ2n) is 5.39. The van der Waals surface area contributed by atoms with Gasteiger partial charge in [-0.05, 0) is 55.3 Å². The number of halogens is 1. The fourth-order valence-electron chi connectivity index (χ4n) is 2.19. The molecule has 1 heterocycles. The van der Waals surface area contributed by atoms with Crippen LogP contribution >= 0.6 is 11.6 Å². The van der Waals surface area contributed by atoms with Gasteiger partial charge in [0.1, 0.15) is 0 Å². The largest absolute Gasteiger partial charge is 0.387 e. The first kappa shape index (κ1) is 16.0. The van der Waals surface area contributed by atoms with E-state index in [0.717, 1.165) is 29.1 Å². The summed E-state index contributed by atoms with van der Waals surface area (Å²) in [4.78, 5) is 6.08. The second-order valence-corrected chi connectivity index (χ2v) is 5.80. The zero-order valence-corrected chi connectivity index (χ0v) is 13.2. The maximum absolute atomic E-state index is 10.2. The second kappa shape index (κ2) is 7.55. The van der Waals surface area contributed by atoms with Crippen LogP contribution in [0.2, 0.25) is 5.02 Å². The van der Waals surface area contributed by atoms with Crippen molar-refractivity contribution < 1.29 is 5.11 Å². The highest BCUT2D eigenvalue weighted by Gasteiger charge is 2.10. The highest BCUT2D eigenvalue weighted by Crippen LogP contribution is 2.17. The van der Waals surface area contributed by atoms with E-state index in [0.29, 0.717) is 6.54 Å². The van der Waals surface area contributed by atoms with Crippen molar-refractivity contribution in [1.29, 1.82) is 0 Å². The van der Waals surface area contributed by atoms with Crippen LogP contribution < -0.4 is 0 Å². The Morgan fingerprint density at radius 3 is 2.62 bits per heavy atom. The summed E-state index contributed by atoms with van der Waals surface area (Å²) in [6, 6.07) is 9.86. The molecule has 1 aromatic heterocycles. The van der Waals surface area contributed by atoms with Gasteiger partial charge in [-0.15, -0.1) is 0 Å². The van der Waals surface area contributed by atoms with Crippen LogP contribution in [-0.2, 0) is 6.42 Å². The zero-order chi connectivity index (χ0) is 15.2. The molecule has 4 heteroatoms. The van der Waals surface area contributed by atoms with E-state index in [1.165, 1.54) is 5.56 Å². The summed E-state index contributed by atoms with van der Waals surface area (Å²) in [5.74, 6) is 0. The number of rotatable bonds is 6. The molecular weight excluding hydrogens is 284 g/mol. The quantitative estimate of drug-likeness (QED) is 0.890. The number of aliphatic hydroxyl groups excluding tert-OH is 1. The van der Waals surface area contributed by atoms with Crippen molar-refractivity contribution in [3.8, 4) is 0 Å². The highest BCUT2D eigenvalue weighted by molar-refractivity contribution is 6.31. The van der Waals surface area contributed by atoms with Gasteiger partial charge in [0.15, 0.2) is 0 Å². The van der Waals surface area contributed by atoms with E-state index in [2.05, 4.69) is 16.0 Å². The first-order valence-electron chi connectivity index (χ1n) is 7.08. The van der Waals surface area contributed by atoms with Crippen LogP contribution in [0.1, 0.15) is 22.8 Å². The third kappa shape index (κ3) is 4.81. The number of pyridine rings is 1. The molecule has 0 saturated heterocycles. The summed E-state index contributed by atoms with van der Waals surface area (Å²) in [6.07, 6.45) is 3.83. The van der Waals surface area contributed by atoms with Crippen molar-refractivity contribution in [1.82, 2.24) is 9.88 Å². The van der Waals surface area contributed by atoms with Crippen LogP contribution in [0.15, 0.2) is 42.7 Å². The van der Waals surface area contributed by atoms with E-state index in [4.69, 9.17) is 11.6 Å². The van der Waals surface area contributed by atoms with Crippen molar-refractivity contribution in [2.75, 3.05) is 20.1 Å². The number of likely N-dealkylation sites (N-methyl/N-ethyl adjacent to an activating group) is 1. The standard InChI is InChI=1S/C17H21ClN2O/c1-13-3-4-14(11-16(13)18)7-10-20(2)12-17(21)15-5-8-19-9-6-15/h3-6,8-9,11,17,21H,7,10,12H2,1-2H3. The molecule has 0 spiro atoms. The average Bonchev–Trinajstić information content (AvgIpc) is 2.49. The molecule has 3 nitrogen and oxygen atoms in total. The summed E-state index contributed by atoms with van der Waals surface area (Å²) in [7, 11) is 2.01. The minimum atomic E-state index is -0.486. The molecule has 1 unspecified atom stereocenters. The number of benzene rings is 1. The molecule has 0 aliphatic carbocycles. The van der Waals surface area contributed by atoms with E-state index >= 15 is 0 Å². The van der Waals surface area contributed by atoms with E-state index in [-0.39, 0.29) is 0 Å². The van der Waals surface area contributed by atoms with Crippen molar-refractivity contribution in [3.63, 3.8) is 0 Å². The van der Waals surface area contributed by atoms with Gasteiger partial charge in [-0.3, -0.25) is 4.98 Å². The summed E-state index contributed by atoms with van der Waals surface area (Å²) in [5, 5.41) is 11.0. The Bertz CT molecular complexity index is 574. The lowest BCUT2D eigenvalue weighted by Gasteiger charge is -2.20. The Morgan fingerprint density at radius 2 is 1.95 bits per heavy atom. The lowest BCUT2D eigenvalue weighted by atomic mass is 10.1. The molecule has 21 heavy (non-hydrogen) atoms. The molecule has 0 radical (unpaired) electrons. The van der Waals surface area contributed by atoms with Gasteiger partial charge in [0.25, 0.3) is 0 Å². The van der Waals surface area contributed by atoms with Crippen molar-refractivity contribution in [2.24, 2.45) is 0 Å². The zero-order valence-electron chi connectivity index (χ0n) is 12.5. The Morgan fingerprint density at radius 1 is 1.24 bits per heavy atom. The minimum Gasteiger partial charge on any atom is -0.387 e. The summed E-state index contributed by atoms with van der Waals surface area (Å²) >= 11 is 6.13. The van der Waals surface area contributed by atoms with Gasteiger partial charge in [-0.1, -0.05) is 23.7 Å². The number of aryl methyl sites for hydroxylation is 1. The first-order valence-corrected chi connectivity index (χ1v) is 7.45. The lowest BCUT2D eigenvalue weighted by Crippen LogP contribution is -2.26. The molecule has 1 aromatic carbocycles. The third-order valence-corrected chi connectivity index (χ3v) is 4.00. The normalized spacial score (nSPS) is 12.6. The van der Waals surface area contributed by atoms with Gasteiger partial charge in [0, 0.05) is 30.5 Å². The first-order chi connectivity index (χ1) is 10.1. The van der Waals surface area contributed by atoms with E-state index in [9.17, 15) is 5.11 Å². The van der Waals surface area contributed by atoms with Crippen LogP contribution in [0.3, 0.4) is 0 Å². The van der Waals surface area contributed by atoms with Gasteiger partial charge in [-0.2, -0.15) is 0 Å². The molecular formula is C17H21ClN2O. The van der Waals surface area contributed by atoms with Crippen molar-refractivity contribution in [2.45, 2.75) is 19.4 Å². The monoisotopic (exact) mass is 304 g/mol. The number of nitrogens with zero attached hydrogens (tertiary/aromatic N) is 2. The molecule has 0 aliphatic rings. The fourth-order valence-corrected chi connectivity index (χ4v) is 2.39. The number of hydrogen-bond acceptors (Lipinski definition) is 3. The molecule has 0 fully saturated rings. The van der Waals surface area contributed by atoms with Crippen LogP contribution in [0.25, 0.3) is 0 Å². The van der Waals surface area contributed by atoms with Crippen LogP contribution in [0.5, 0.6) is 0 Å². The Labute approximate surface area is 131 Å². The van der Waals surface area contributed by atoms with Crippen LogP contribution in [0, 0.1) is 6.92 Å². The van der Waals surface area contributed by atoms with E-state index in [1.807, 2.05) is 38.2 Å². The maximum Gasteiger partial charge on any atom is 0.0917 e. The lowest BCUT2D eigenvalue weighted by molar-refractivity contribution is 0.127. The number of hydrogen-bond donors (Lipinski definition) is 1. The predicted octanol–water partition coefficient (Wildman–Crippen LogP) is 3.25. The van der Waals surface area contributed by atoms with Gasteiger partial charge in [0.05, 0.1) is 6.10 Å². The molecule has 0 amide bonds. The predicted molar refractivity (Wildman–Crippen MR) is 86.6 cm³/mol. The molecule has 1 atom stereocenters. The van der Waals surface area contributed by atoms with Crippen LogP contribution in [0.4, 0.5) is 0 Å². The number of aromatic nitrogens is 1. The molecule has 112 valence electrons. The average molecular weight is 305 g/mol. The molecule has 0 bridgehead atoms. The van der Waals surface area contributed by atoms with E-state index in [1.54, 1.807) is 12.4 Å². The molecule has 2 aromatic rings. The van der Waals surface area contributed by atoms with Gasteiger partial charge in [0.2, 0.25) is 0 Å². The van der Waals surface area contributed by atoms with Gasteiger partial charge >= 0.3 is 0 Å².